The van der Waals surface area contributed by atoms with Crippen molar-refractivity contribution in [3.63, 3.8) is 0 Å². The van der Waals surface area contributed by atoms with Crippen LogP contribution in [0, 0.1) is 0 Å². The Morgan fingerprint density at radius 2 is 1.09 bits per heavy atom. The van der Waals surface area contributed by atoms with Crippen LogP contribution in [0.2, 0.25) is 0 Å². The quantitative estimate of drug-likeness (QED) is 0.377. The Bertz CT molecular complexity index is 546. The smallest absolute Gasteiger partial charge is 0.210 e. The van der Waals surface area contributed by atoms with Gasteiger partial charge in [0.15, 0.2) is 0 Å². The van der Waals surface area contributed by atoms with Crippen LogP contribution in [0.15, 0.2) is 20.6 Å². The molecule has 0 saturated heterocycles. The number of hydrogen-bond acceptors (Lipinski definition) is 10. The zero-order valence-corrected chi connectivity index (χ0v) is 15.6. The lowest BCUT2D eigenvalue weighted by Gasteiger charge is -2.03. The predicted octanol–water partition coefficient (Wildman–Crippen LogP) is 1.41. The molecule has 122 valence electrons. The predicted molar refractivity (Wildman–Crippen MR) is 94.6 cm³/mol. The normalized spacial score (nSPS) is 11.2. The summed E-state index contributed by atoms with van der Waals surface area (Å²) in [6.45, 7) is 0. The Labute approximate surface area is 145 Å². The molecule has 0 saturated carbocycles. The average Bonchev–Trinajstić information content (AvgIpc) is 3.06. The van der Waals surface area contributed by atoms with Gasteiger partial charge < -0.3 is 11.7 Å². The average molecular weight is 379 g/mol. The van der Waals surface area contributed by atoms with Gasteiger partial charge in [0, 0.05) is 11.5 Å². The lowest BCUT2D eigenvalue weighted by atomic mass is 10.4. The largest absolute Gasteiger partial charge is 0.335 e. The van der Waals surface area contributed by atoms with Gasteiger partial charge in [-0.25, -0.2) is 9.35 Å². The van der Waals surface area contributed by atoms with E-state index in [0.29, 0.717) is 0 Å². The minimum atomic E-state index is 0.727. The molecule has 22 heavy (non-hydrogen) atoms. The first-order chi connectivity index (χ1) is 10.7. The monoisotopic (exact) mass is 378 g/mol. The molecule has 12 heteroatoms. The zero-order valence-electron chi connectivity index (χ0n) is 12.3. The Kier molecular flexibility index (Phi) is 7.05. The van der Waals surface area contributed by atoms with Crippen molar-refractivity contribution in [1.82, 2.24) is 29.7 Å². The molecule has 0 unspecified atom stereocenters. The maximum absolute atomic E-state index is 5.87. The van der Waals surface area contributed by atoms with Gasteiger partial charge in [-0.2, -0.15) is 0 Å². The van der Waals surface area contributed by atoms with Crippen LogP contribution in [0.25, 0.3) is 0 Å². The van der Waals surface area contributed by atoms with E-state index >= 15 is 0 Å². The third kappa shape index (κ3) is 4.40. The van der Waals surface area contributed by atoms with Gasteiger partial charge in [-0.3, -0.25) is 0 Å². The number of nitrogens with zero attached hydrogens (tertiary/aromatic N) is 6. The van der Waals surface area contributed by atoms with Crippen molar-refractivity contribution in [2.45, 2.75) is 33.5 Å². The van der Waals surface area contributed by atoms with Crippen LogP contribution < -0.4 is 11.7 Å². The molecule has 0 spiro atoms. The van der Waals surface area contributed by atoms with Gasteiger partial charge in [-0.1, -0.05) is 47.0 Å². The molecule has 4 N–H and O–H groups in total. The number of rotatable bonds is 9. The van der Waals surface area contributed by atoms with Crippen molar-refractivity contribution >= 4 is 47.0 Å². The van der Waals surface area contributed by atoms with Crippen LogP contribution in [0.4, 0.5) is 0 Å². The summed E-state index contributed by atoms with van der Waals surface area (Å²) in [5.41, 5.74) is 0. The van der Waals surface area contributed by atoms with Crippen LogP contribution in [-0.4, -0.2) is 53.8 Å². The lowest BCUT2D eigenvalue weighted by molar-refractivity contribution is 0.778. The molecule has 2 aromatic heterocycles. The van der Waals surface area contributed by atoms with E-state index in [-0.39, 0.29) is 0 Å². The molecule has 0 aliphatic carbocycles. The fourth-order valence-corrected chi connectivity index (χ4v) is 4.17. The summed E-state index contributed by atoms with van der Waals surface area (Å²) < 4.78 is 3.07. The first kappa shape index (κ1) is 17.6. The van der Waals surface area contributed by atoms with Crippen molar-refractivity contribution in [2.75, 3.05) is 35.7 Å². The topological polar surface area (TPSA) is 113 Å². The van der Waals surface area contributed by atoms with Crippen LogP contribution in [0.1, 0.15) is 12.8 Å². The zero-order chi connectivity index (χ0) is 15.9. The number of unbranched alkanes of at least 4 members (excludes halogenated alkanes) is 1. The summed E-state index contributed by atoms with van der Waals surface area (Å²) in [6, 6.07) is 0. The summed E-state index contributed by atoms with van der Waals surface area (Å²) in [5, 5.41) is 19.1. The molecule has 0 aliphatic rings. The van der Waals surface area contributed by atoms with Crippen molar-refractivity contribution in [3.8, 4) is 0 Å². The third-order valence-corrected chi connectivity index (χ3v) is 5.98. The van der Waals surface area contributed by atoms with E-state index in [4.69, 9.17) is 11.7 Å². The molecule has 8 nitrogen and oxygen atoms in total. The van der Waals surface area contributed by atoms with Gasteiger partial charge in [-0.05, 0) is 25.4 Å². The number of thioether (sulfide) groups is 4. The number of nitrogen functional groups attached to an aromatic ring is 2. The number of aromatic nitrogens is 6. The SMILES string of the molecule is CSc1nnc(SCCCCSc2nnc(SC)n2N)n1N. The highest BCUT2D eigenvalue weighted by Crippen LogP contribution is 2.22. The summed E-state index contributed by atoms with van der Waals surface area (Å²) in [4.78, 5) is 0. The van der Waals surface area contributed by atoms with E-state index in [1.807, 2.05) is 12.5 Å². The van der Waals surface area contributed by atoms with E-state index < -0.39 is 0 Å². The van der Waals surface area contributed by atoms with E-state index in [1.165, 1.54) is 32.9 Å². The van der Waals surface area contributed by atoms with Gasteiger partial charge in [0.1, 0.15) is 0 Å². The van der Waals surface area contributed by atoms with Crippen LogP contribution in [0.3, 0.4) is 0 Å². The van der Waals surface area contributed by atoms with Crippen LogP contribution in [-0.2, 0) is 0 Å². The summed E-state index contributed by atoms with van der Waals surface area (Å²) >= 11 is 6.21. The highest BCUT2D eigenvalue weighted by Gasteiger charge is 2.10. The first-order valence-corrected chi connectivity index (χ1v) is 10.8. The number of nitrogens with two attached hydrogens (primary N) is 2. The Morgan fingerprint density at radius 3 is 1.41 bits per heavy atom. The Morgan fingerprint density at radius 1 is 0.727 bits per heavy atom. The van der Waals surface area contributed by atoms with E-state index in [2.05, 4.69) is 20.4 Å². The van der Waals surface area contributed by atoms with Crippen LogP contribution >= 0.6 is 47.0 Å². The third-order valence-electron chi connectivity index (χ3n) is 2.63. The molecule has 0 bridgehead atoms. The molecule has 0 atom stereocenters. The molecule has 0 aromatic carbocycles. The fourth-order valence-electron chi connectivity index (χ4n) is 1.53. The molecule has 0 amide bonds. The van der Waals surface area contributed by atoms with Crippen molar-refractivity contribution < 1.29 is 0 Å². The second-order valence-corrected chi connectivity index (χ2v) is 7.75. The molecular weight excluding hydrogens is 360 g/mol. The van der Waals surface area contributed by atoms with Crippen LogP contribution in [0.5, 0.6) is 0 Å². The minimum absolute atomic E-state index is 0.727. The number of hydrogen-bond donors (Lipinski definition) is 2. The summed E-state index contributed by atoms with van der Waals surface area (Å²) in [6.07, 6.45) is 5.98. The maximum atomic E-state index is 5.87. The Hall–Kier alpha value is -0.720. The van der Waals surface area contributed by atoms with Gasteiger partial charge in [0.25, 0.3) is 0 Å². The van der Waals surface area contributed by atoms with Crippen molar-refractivity contribution in [1.29, 1.82) is 0 Å². The first-order valence-electron chi connectivity index (χ1n) is 6.42. The summed E-state index contributed by atoms with van der Waals surface area (Å²) in [5.74, 6) is 13.7. The molecule has 0 radical (unpaired) electrons. The van der Waals surface area contributed by atoms with Crippen molar-refractivity contribution in [3.05, 3.63) is 0 Å². The molecule has 2 aromatic rings. The molecule has 0 aliphatic heterocycles. The minimum Gasteiger partial charge on any atom is -0.335 e. The van der Waals surface area contributed by atoms with Gasteiger partial charge in [0.2, 0.25) is 20.6 Å². The molecule has 2 rings (SSSR count). The van der Waals surface area contributed by atoms with Gasteiger partial charge >= 0.3 is 0 Å². The molecule has 0 fully saturated rings. The Balaban J connectivity index is 1.65. The molecular formula is C10H18N8S4. The highest BCUT2D eigenvalue weighted by molar-refractivity contribution is 8.00. The van der Waals surface area contributed by atoms with E-state index in [0.717, 1.165) is 45.0 Å². The maximum Gasteiger partial charge on any atom is 0.210 e. The summed E-state index contributed by atoms with van der Waals surface area (Å²) in [7, 11) is 0. The molecule has 2 heterocycles. The van der Waals surface area contributed by atoms with E-state index in [1.54, 1.807) is 23.5 Å². The standard InChI is InChI=1S/C10H18N8S4/c1-19-7-13-15-9(17(7)11)21-5-3-4-6-22-10-16-14-8(20-2)18(10)12/h3-6,11-12H2,1-2H3. The second kappa shape index (κ2) is 8.79. The van der Waals surface area contributed by atoms with Gasteiger partial charge in [0.05, 0.1) is 0 Å². The van der Waals surface area contributed by atoms with Gasteiger partial charge in [-0.15, -0.1) is 20.4 Å². The fraction of sp³-hybridized carbons (Fsp3) is 0.600. The highest BCUT2D eigenvalue weighted by atomic mass is 32.2. The lowest BCUT2D eigenvalue weighted by Crippen LogP contribution is -2.11. The van der Waals surface area contributed by atoms with Crippen molar-refractivity contribution in [2.24, 2.45) is 0 Å². The second-order valence-electron chi connectivity index (χ2n) is 4.08. The van der Waals surface area contributed by atoms with E-state index in [9.17, 15) is 0 Å².